The van der Waals surface area contributed by atoms with Gasteiger partial charge in [0.25, 0.3) is 0 Å². The van der Waals surface area contributed by atoms with Crippen molar-refractivity contribution in [1.82, 2.24) is 10.2 Å². The van der Waals surface area contributed by atoms with Gasteiger partial charge in [0, 0.05) is 11.3 Å². The van der Waals surface area contributed by atoms with E-state index >= 15 is 0 Å². The fourth-order valence-electron chi connectivity index (χ4n) is 2.33. The fourth-order valence-corrected chi connectivity index (χ4v) is 3.52. The average molecular weight is 289 g/mol. The van der Waals surface area contributed by atoms with E-state index in [1.54, 1.807) is 18.9 Å². The van der Waals surface area contributed by atoms with Crippen LogP contribution in [0.2, 0.25) is 0 Å². The van der Waals surface area contributed by atoms with E-state index < -0.39 is 0 Å². The van der Waals surface area contributed by atoms with Crippen molar-refractivity contribution in [3.8, 4) is 5.75 Å². The normalized spacial score (nSPS) is 18.1. The van der Waals surface area contributed by atoms with E-state index in [-0.39, 0.29) is 11.2 Å². The van der Waals surface area contributed by atoms with Gasteiger partial charge in [0.2, 0.25) is 5.91 Å². The molecule has 0 bridgehead atoms. The van der Waals surface area contributed by atoms with Gasteiger partial charge < -0.3 is 10.1 Å². The molecule has 2 N–H and O–H groups in total. The van der Waals surface area contributed by atoms with E-state index in [0.29, 0.717) is 11.6 Å². The summed E-state index contributed by atoms with van der Waals surface area (Å²) in [4.78, 5) is 11.7. The quantitative estimate of drug-likeness (QED) is 0.891. The SMILES string of the molecule is COc1cccc([C@H]2SCC(=O)Nc3n[nH]c(C)c32)c1. The van der Waals surface area contributed by atoms with E-state index in [0.717, 1.165) is 22.6 Å². The largest absolute Gasteiger partial charge is 0.497 e. The summed E-state index contributed by atoms with van der Waals surface area (Å²) in [7, 11) is 1.65. The number of hydrogen-bond acceptors (Lipinski definition) is 4. The first-order valence-corrected chi connectivity index (χ1v) is 7.34. The van der Waals surface area contributed by atoms with Crippen LogP contribution in [0.3, 0.4) is 0 Å². The predicted octanol–water partition coefficient (Wildman–Crippen LogP) is 2.50. The molecule has 0 fully saturated rings. The molecule has 20 heavy (non-hydrogen) atoms. The van der Waals surface area contributed by atoms with Gasteiger partial charge in [0.15, 0.2) is 5.82 Å². The van der Waals surface area contributed by atoms with Crippen LogP contribution < -0.4 is 10.1 Å². The second-order valence-electron chi connectivity index (χ2n) is 4.63. The number of anilines is 1. The van der Waals surface area contributed by atoms with Crippen molar-refractivity contribution >= 4 is 23.5 Å². The Morgan fingerprint density at radius 3 is 3.10 bits per heavy atom. The second-order valence-corrected chi connectivity index (χ2v) is 5.72. The third-order valence-corrected chi connectivity index (χ3v) is 4.56. The third kappa shape index (κ3) is 2.27. The van der Waals surface area contributed by atoms with Gasteiger partial charge in [-0.1, -0.05) is 12.1 Å². The van der Waals surface area contributed by atoms with Crippen LogP contribution >= 0.6 is 11.8 Å². The standard InChI is InChI=1S/C14H15N3O2S/c1-8-12-13(9-4-3-5-10(6-9)19-2)20-7-11(18)15-14(12)17-16-8/h3-6,13H,7H2,1-2H3,(H2,15,16,17,18)/t13-/m1/s1. The predicted molar refractivity (Wildman–Crippen MR) is 79.2 cm³/mol. The molecule has 1 aliphatic rings. The minimum atomic E-state index is -0.0202. The van der Waals surface area contributed by atoms with Crippen LogP contribution in [0.25, 0.3) is 0 Å². The molecule has 0 unspecified atom stereocenters. The molecule has 0 aliphatic carbocycles. The topological polar surface area (TPSA) is 67.0 Å². The van der Waals surface area contributed by atoms with Gasteiger partial charge in [-0.2, -0.15) is 5.10 Å². The summed E-state index contributed by atoms with van der Waals surface area (Å²) in [5.74, 6) is 1.84. The number of thioether (sulfide) groups is 1. The highest BCUT2D eigenvalue weighted by atomic mass is 32.2. The number of aryl methyl sites for hydroxylation is 1. The van der Waals surface area contributed by atoms with Crippen LogP contribution in [-0.4, -0.2) is 29.0 Å². The summed E-state index contributed by atoms with van der Waals surface area (Å²) in [6.07, 6.45) is 0. The van der Waals surface area contributed by atoms with Crippen LogP contribution in [0.15, 0.2) is 24.3 Å². The van der Waals surface area contributed by atoms with Crippen molar-refractivity contribution in [3.63, 3.8) is 0 Å². The molecule has 2 aromatic rings. The molecule has 0 saturated carbocycles. The number of benzene rings is 1. The number of fused-ring (bicyclic) bond motifs is 1. The van der Waals surface area contributed by atoms with Gasteiger partial charge in [-0.05, 0) is 24.6 Å². The Balaban J connectivity index is 2.08. The molecule has 1 amide bonds. The Hall–Kier alpha value is -1.95. The first-order chi connectivity index (χ1) is 9.69. The minimum absolute atomic E-state index is 0.0202. The summed E-state index contributed by atoms with van der Waals surface area (Å²) < 4.78 is 5.28. The zero-order valence-electron chi connectivity index (χ0n) is 11.3. The van der Waals surface area contributed by atoms with E-state index in [1.807, 2.05) is 31.2 Å². The van der Waals surface area contributed by atoms with Crippen LogP contribution in [0, 0.1) is 6.92 Å². The van der Waals surface area contributed by atoms with Crippen molar-refractivity contribution < 1.29 is 9.53 Å². The molecular weight excluding hydrogens is 274 g/mol. The molecule has 2 heterocycles. The molecule has 1 atom stereocenters. The minimum Gasteiger partial charge on any atom is -0.497 e. The lowest BCUT2D eigenvalue weighted by molar-refractivity contribution is -0.113. The lowest BCUT2D eigenvalue weighted by atomic mass is 10.0. The van der Waals surface area contributed by atoms with E-state index in [1.165, 1.54) is 0 Å². The number of H-pyrrole nitrogens is 1. The molecule has 0 radical (unpaired) electrons. The first kappa shape index (κ1) is 13.1. The van der Waals surface area contributed by atoms with Crippen molar-refractivity contribution in [3.05, 3.63) is 41.1 Å². The highest BCUT2D eigenvalue weighted by Gasteiger charge is 2.28. The number of amides is 1. The summed E-state index contributed by atoms with van der Waals surface area (Å²) in [6.45, 7) is 1.97. The van der Waals surface area contributed by atoms with Crippen molar-refractivity contribution in [1.29, 1.82) is 0 Å². The third-order valence-electron chi connectivity index (χ3n) is 3.29. The van der Waals surface area contributed by atoms with Crippen molar-refractivity contribution in [2.75, 3.05) is 18.2 Å². The molecular formula is C14H15N3O2S. The van der Waals surface area contributed by atoms with Gasteiger partial charge in [0.1, 0.15) is 5.75 Å². The number of carbonyl (C=O) groups is 1. The number of methoxy groups -OCH3 is 1. The maximum Gasteiger partial charge on any atom is 0.235 e. The number of nitrogens with one attached hydrogen (secondary N) is 2. The number of ether oxygens (including phenoxy) is 1. The van der Waals surface area contributed by atoms with E-state index in [2.05, 4.69) is 15.5 Å². The van der Waals surface area contributed by atoms with Crippen molar-refractivity contribution in [2.24, 2.45) is 0 Å². The highest BCUT2D eigenvalue weighted by molar-refractivity contribution is 8.00. The molecule has 0 spiro atoms. The highest BCUT2D eigenvalue weighted by Crippen LogP contribution is 2.42. The molecule has 1 aromatic heterocycles. The number of hydrogen-bond donors (Lipinski definition) is 2. The lowest BCUT2D eigenvalue weighted by Gasteiger charge is -2.15. The average Bonchev–Trinajstić information content (AvgIpc) is 2.72. The Bertz CT molecular complexity index is 654. The summed E-state index contributed by atoms with van der Waals surface area (Å²) in [5.41, 5.74) is 3.12. The Labute approximate surface area is 121 Å². The number of nitrogens with zero attached hydrogens (tertiary/aromatic N) is 1. The van der Waals surface area contributed by atoms with Crippen LogP contribution in [0.4, 0.5) is 5.82 Å². The first-order valence-electron chi connectivity index (χ1n) is 6.29. The molecule has 5 nitrogen and oxygen atoms in total. The maximum absolute atomic E-state index is 11.7. The van der Waals surface area contributed by atoms with Crippen LogP contribution in [0.5, 0.6) is 5.75 Å². The Morgan fingerprint density at radius 2 is 2.30 bits per heavy atom. The van der Waals surface area contributed by atoms with Gasteiger partial charge in [-0.25, -0.2) is 0 Å². The number of aromatic amines is 1. The molecule has 0 saturated heterocycles. The van der Waals surface area contributed by atoms with Gasteiger partial charge in [-0.3, -0.25) is 9.89 Å². The van der Waals surface area contributed by atoms with Gasteiger partial charge in [0.05, 0.1) is 18.1 Å². The Morgan fingerprint density at radius 1 is 1.45 bits per heavy atom. The summed E-state index contributed by atoms with van der Waals surface area (Å²) >= 11 is 1.60. The monoisotopic (exact) mass is 289 g/mol. The van der Waals surface area contributed by atoms with Gasteiger partial charge >= 0.3 is 0 Å². The smallest absolute Gasteiger partial charge is 0.235 e. The lowest BCUT2D eigenvalue weighted by Crippen LogP contribution is -2.12. The fraction of sp³-hybridized carbons (Fsp3) is 0.286. The summed E-state index contributed by atoms with van der Waals surface area (Å²) in [6, 6.07) is 7.93. The molecule has 3 rings (SSSR count). The number of rotatable bonds is 2. The van der Waals surface area contributed by atoms with Crippen molar-refractivity contribution in [2.45, 2.75) is 12.2 Å². The number of aromatic nitrogens is 2. The van der Waals surface area contributed by atoms with Gasteiger partial charge in [-0.15, -0.1) is 11.8 Å². The summed E-state index contributed by atoms with van der Waals surface area (Å²) in [5, 5.41) is 10.0. The second kappa shape index (κ2) is 5.20. The molecule has 1 aliphatic heterocycles. The Kier molecular flexibility index (Phi) is 3.40. The number of carbonyl (C=O) groups excluding carboxylic acids is 1. The molecule has 1 aromatic carbocycles. The zero-order chi connectivity index (χ0) is 14.1. The maximum atomic E-state index is 11.7. The zero-order valence-corrected chi connectivity index (χ0v) is 12.1. The molecule has 6 heteroatoms. The van der Waals surface area contributed by atoms with E-state index in [4.69, 9.17) is 4.74 Å². The molecule has 104 valence electrons. The van der Waals surface area contributed by atoms with E-state index in [9.17, 15) is 4.79 Å². The van der Waals surface area contributed by atoms with Crippen LogP contribution in [-0.2, 0) is 4.79 Å². The van der Waals surface area contributed by atoms with Crippen LogP contribution in [0.1, 0.15) is 22.1 Å².